The zero-order chi connectivity index (χ0) is 19.4. The molecule has 0 radical (unpaired) electrons. The molecule has 26 heavy (non-hydrogen) atoms. The average Bonchev–Trinajstić information content (AvgIpc) is 2.84. The number of nitrogens with one attached hydrogen (secondary N) is 2. The van der Waals surface area contributed by atoms with Gasteiger partial charge in [-0.2, -0.15) is 0 Å². The fourth-order valence-corrected chi connectivity index (χ4v) is 3.89. The standard InChI is InChI=1S/C16H26N2O8/c1-13(2)25-8-14(3,26-13)10(20)16-12(22)17-15(23,11(21)18-16)9(4-6-19)5-7-24-16/h9-10,19-20,23H,4-8H2,1-3H3,(H,17,22)(H,18,21)/t9-,10+,14+,15-,16+/m1/s1. The molecule has 148 valence electrons. The van der Waals surface area contributed by atoms with Gasteiger partial charge in [-0.15, -0.1) is 0 Å². The summed E-state index contributed by atoms with van der Waals surface area (Å²) >= 11 is 0. The Kier molecular flexibility index (Phi) is 4.57. The molecule has 5 atom stereocenters. The summed E-state index contributed by atoms with van der Waals surface area (Å²) in [4.78, 5) is 25.4. The molecule has 2 bridgehead atoms. The molecule has 10 heteroatoms. The Labute approximate surface area is 150 Å². The molecule has 0 aromatic heterocycles. The van der Waals surface area contributed by atoms with Crippen molar-refractivity contribution in [2.24, 2.45) is 5.92 Å². The number of hydrogen-bond donors (Lipinski definition) is 5. The first kappa shape index (κ1) is 19.5. The van der Waals surface area contributed by atoms with Crippen LogP contribution in [-0.2, 0) is 23.8 Å². The number of carbonyl (C=O) groups is 2. The molecule has 0 spiro atoms. The summed E-state index contributed by atoms with van der Waals surface area (Å²) in [5, 5.41) is 35.5. The number of carbonyl (C=O) groups excluding carboxylic acids is 2. The number of piperazine rings is 1. The van der Waals surface area contributed by atoms with Crippen molar-refractivity contribution in [1.82, 2.24) is 10.6 Å². The zero-order valence-electron chi connectivity index (χ0n) is 15.1. The Morgan fingerprint density at radius 2 is 1.88 bits per heavy atom. The van der Waals surface area contributed by atoms with Crippen molar-refractivity contribution in [2.45, 2.75) is 62.6 Å². The second-order valence-electron chi connectivity index (χ2n) is 7.76. The summed E-state index contributed by atoms with van der Waals surface area (Å²) in [7, 11) is 0. The largest absolute Gasteiger partial charge is 0.396 e. The molecule has 4 saturated heterocycles. The highest BCUT2D eigenvalue weighted by Gasteiger charge is 2.66. The SMILES string of the molecule is CC1(C)OC[C@@](C)([C@H](O)[C@@]23NC(=O)[C@@](O)(NC2=O)[C@H](CCO)CCO3)O1. The molecule has 2 amide bonds. The van der Waals surface area contributed by atoms with E-state index in [0.29, 0.717) is 0 Å². The average molecular weight is 374 g/mol. The number of aliphatic hydroxyl groups is 3. The van der Waals surface area contributed by atoms with Gasteiger partial charge in [0.15, 0.2) is 5.79 Å². The number of rotatable bonds is 4. The van der Waals surface area contributed by atoms with Crippen LogP contribution in [-0.4, -0.2) is 75.9 Å². The molecular formula is C16H26N2O8. The van der Waals surface area contributed by atoms with Gasteiger partial charge in [0.25, 0.3) is 17.5 Å². The molecule has 0 aromatic rings. The van der Waals surface area contributed by atoms with Gasteiger partial charge in [0.05, 0.1) is 13.2 Å². The molecule has 0 aliphatic carbocycles. The highest BCUT2D eigenvalue weighted by molar-refractivity contribution is 6.01. The normalized spacial score (nSPS) is 43.4. The molecule has 0 saturated carbocycles. The van der Waals surface area contributed by atoms with Crippen molar-refractivity contribution in [3.8, 4) is 0 Å². The second-order valence-corrected chi connectivity index (χ2v) is 7.76. The predicted octanol–water partition coefficient (Wildman–Crippen LogP) is -2.06. The van der Waals surface area contributed by atoms with E-state index in [9.17, 15) is 24.9 Å². The second kappa shape index (κ2) is 6.11. The van der Waals surface area contributed by atoms with Crippen LogP contribution < -0.4 is 10.6 Å². The van der Waals surface area contributed by atoms with Gasteiger partial charge >= 0.3 is 0 Å². The van der Waals surface area contributed by atoms with Crippen LogP contribution in [0.1, 0.15) is 33.6 Å². The molecule has 0 unspecified atom stereocenters. The van der Waals surface area contributed by atoms with Gasteiger partial charge in [0, 0.05) is 12.5 Å². The summed E-state index contributed by atoms with van der Waals surface area (Å²) in [5.41, 5.74) is -5.63. The van der Waals surface area contributed by atoms with E-state index in [4.69, 9.17) is 14.2 Å². The summed E-state index contributed by atoms with van der Waals surface area (Å²) in [6.45, 7) is 4.59. The van der Waals surface area contributed by atoms with Crippen LogP contribution >= 0.6 is 0 Å². The van der Waals surface area contributed by atoms with Gasteiger partial charge < -0.3 is 40.2 Å². The van der Waals surface area contributed by atoms with E-state index in [1.165, 1.54) is 0 Å². The molecule has 0 aromatic carbocycles. The Morgan fingerprint density at radius 1 is 1.19 bits per heavy atom. The molecule has 5 N–H and O–H groups in total. The number of amides is 2. The van der Waals surface area contributed by atoms with Gasteiger partial charge in [0.1, 0.15) is 11.7 Å². The quantitative estimate of drug-likeness (QED) is 0.377. The van der Waals surface area contributed by atoms with Gasteiger partial charge in [-0.25, -0.2) is 0 Å². The highest BCUT2D eigenvalue weighted by Crippen LogP contribution is 2.40. The van der Waals surface area contributed by atoms with Gasteiger partial charge in [-0.1, -0.05) is 0 Å². The van der Waals surface area contributed by atoms with Crippen molar-refractivity contribution >= 4 is 11.8 Å². The molecular weight excluding hydrogens is 348 g/mol. The predicted molar refractivity (Wildman–Crippen MR) is 85.3 cm³/mol. The lowest BCUT2D eigenvalue weighted by Gasteiger charge is -2.51. The number of hydrogen-bond acceptors (Lipinski definition) is 8. The topological polar surface area (TPSA) is 147 Å². The maximum atomic E-state index is 12.8. The van der Waals surface area contributed by atoms with Crippen LogP contribution in [0.2, 0.25) is 0 Å². The molecule has 4 aliphatic rings. The van der Waals surface area contributed by atoms with Crippen molar-refractivity contribution in [2.75, 3.05) is 19.8 Å². The highest BCUT2D eigenvalue weighted by atomic mass is 16.8. The van der Waals surface area contributed by atoms with Gasteiger partial charge in [-0.3, -0.25) is 9.59 Å². The Morgan fingerprint density at radius 3 is 2.46 bits per heavy atom. The van der Waals surface area contributed by atoms with Gasteiger partial charge in [-0.05, 0) is 33.6 Å². The fraction of sp³-hybridized carbons (Fsp3) is 0.875. The van der Waals surface area contributed by atoms with Crippen molar-refractivity contribution in [1.29, 1.82) is 0 Å². The minimum Gasteiger partial charge on any atom is -0.396 e. The van der Waals surface area contributed by atoms with E-state index in [1.807, 2.05) is 0 Å². The molecule has 4 fully saturated rings. The lowest BCUT2D eigenvalue weighted by atomic mass is 9.81. The molecule has 4 rings (SSSR count). The van der Waals surface area contributed by atoms with Gasteiger partial charge in [0.2, 0.25) is 5.72 Å². The first-order chi connectivity index (χ1) is 12.0. The van der Waals surface area contributed by atoms with E-state index in [0.717, 1.165) is 0 Å². The summed E-state index contributed by atoms with van der Waals surface area (Å²) in [6, 6.07) is 0. The van der Waals surface area contributed by atoms with Crippen molar-refractivity contribution in [3.63, 3.8) is 0 Å². The minimum atomic E-state index is -2.18. The first-order valence-corrected chi connectivity index (χ1v) is 8.64. The Balaban J connectivity index is 1.94. The lowest BCUT2D eigenvalue weighted by Crippen LogP contribution is -2.83. The third-order valence-electron chi connectivity index (χ3n) is 5.30. The van der Waals surface area contributed by atoms with E-state index >= 15 is 0 Å². The zero-order valence-corrected chi connectivity index (χ0v) is 15.1. The smallest absolute Gasteiger partial charge is 0.278 e. The van der Waals surface area contributed by atoms with E-state index in [-0.39, 0.29) is 32.7 Å². The molecule has 4 aliphatic heterocycles. The Bertz CT molecular complexity index is 613. The van der Waals surface area contributed by atoms with Crippen molar-refractivity contribution < 1.29 is 39.1 Å². The van der Waals surface area contributed by atoms with Crippen molar-refractivity contribution in [3.05, 3.63) is 0 Å². The molecule has 4 heterocycles. The van der Waals surface area contributed by atoms with E-state index in [2.05, 4.69) is 10.6 Å². The third-order valence-corrected chi connectivity index (χ3v) is 5.30. The van der Waals surface area contributed by atoms with Crippen LogP contribution in [0.5, 0.6) is 0 Å². The monoisotopic (exact) mass is 374 g/mol. The maximum Gasteiger partial charge on any atom is 0.278 e. The summed E-state index contributed by atoms with van der Waals surface area (Å²) < 4.78 is 16.9. The Hall–Kier alpha value is -1.30. The minimum absolute atomic E-state index is 0.0158. The van der Waals surface area contributed by atoms with Crippen LogP contribution in [0.25, 0.3) is 0 Å². The van der Waals surface area contributed by atoms with Crippen LogP contribution in [0.3, 0.4) is 0 Å². The lowest BCUT2D eigenvalue weighted by molar-refractivity contribution is -0.248. The first-order valence-electron chi connectivity index (χ1n) is 8.64. The number of ether oxygens (including phenoxy) is 3. The number of aliphatic hydroxyl groups excluding tert-OH is 2. The fourth-order valence-electron chi connectivity index (χ4n) is 3.89. The van der Waals surface area contributed by atoms with E-state index in [1.54, 1.807) is 20.8 Å². The third kappa shape index (κ3) is 2.81. The molecule has 10 nitrogen and oxygen atoms in total. The van der Waals surface area contributed by atoms with Crippen LogP contribution in [0, 0.1) is 5.92 Å². The maximum absolute atomic E-state index is 12.8. The summed E-state index contributed by atoms with van der Waals surface area (Å²) in [6.07, 6.45) is -1.29. The number of fused-ring (bicyclic) bond motifs is 5. The summed E-state index contributed by atoms with van der Waals surface area (Å²) in [5.74, 6) is -3.50. The van der Waals surface area contributed by atoms with E-state index < -0.39 is 46.7 Å². The van der Waals surface area contributed by atoms with Crippen LogP contribution in [0.15, 0.2) is 0 Å². The van der Waals surface area contributed by atoms with Crippen LogP contribution in [0.4, 0.5) is 0 Å².